The molecule has 0 aliphatic heterocycles. The molecule has 20 heavy (non-hydrogen) atoms. The Kier molecular flexibility index (Phi) is 6.25. The first-order chi connectivity index (χ1) is 9.79. The average molecular weight is 298 g/mol. The van der Waals surface area contributed by atoms with Crippen molar-refractivity contribution in [2.45, 2.75) is 56.3 Å². The summed E-state index contributed by atoms with van der Waals surface area (Å²) in [4.78, 5) is 11.8. The minimum Gasteiger partial charge on any atom is -0.353 e. The van der Waals surface area contributed by atoms with Crippen molar-refractivity contribution in [1.29, 1.82) is 0 Å². The Morgan fingerprint density at radius 1 is 1.40 bits per heavy atom. The number of tetrazole rings is 1. The number of nitrogens with two attached hydrogens (primary N) is 1. The van der Waals surface area contributed by atoms with Gasteiger partial charge in [-0.25, -0.2) is 4.68 Å². The number of carbonyl (C=O) groups excluding carboxylic acids is 1. The number of carbonyl (C=O) groups is 1. The van der Waals surface area contributed by atoms with Gasteiger partial charge in [-0.1, -0.05) is 31.0 Å². The zero-order valence-electron chi connectivity index (χ0n) is 11.6. The summed E-state index contributed by atoms with van der Waals surface area (Å²) in [5.41, 5.74) is 5.48. The monoisotopic (exact) mass is 298 g/mol. The quantitative estimate of drug-likeness (QED) is 0.714. The number of aromatic nitrogens is 4. The van der Waals surface area contributed by atoms with Crippen molar-refractivity contribution >= 4 is 17.7 Å². The number of hydrogen-bond acceptors (Lipinski definition) is 6. The summed E-state index contributed by atoms with van der Waals surface area (Å²) in [6.45, 7) is 1.10. The molecule has 0 aromatic carbocycles. The smallest absolute Gasteiger partial charge is 0.221 e. The van der Waals surface area contributed by atoms with Gasteiger partial charge >= 0.3 is 0 Å². The van der Waals surface area contributed by atoms with Crippen LogP contribution in [0, 0.1) is 0 Å². The molecule has 0 saturated heterocycles. The summed E-state index contributed by atoms with van der Waals surface area (Å²) in [5, 5.41) is 15.2. The first-order valence-corrected chi connectivity index (χ1v) is 8.16. The maximum absolute atomic E-state index is 11.8. The molecule has 1 heterocycles. The molecule has 0 spiro atoms. The van der Waals surface area contributed by atoms with Gasteiger partial charge in [0.1, 0.15) is 0 Å². The highest BCUT2D eigenvalue weighted by Crippen LogP contribution is 2.18. The summed E-state index contributed by atoms with van der Waals surface area (Å²) in [7, 11) is 0. The molecule has 1 aliphatic carbocycles. The summed E-state index contributed by atoms with van der Waals surface area (Å²) < 4.78 is 1.67. The molecule has 1 saturated carbocycles. The molecule has 1 aromatic rings. The van der Waals surface area contributed by atoms with Gasteiger partial charge in [-0.05, 0) is 23.3 Å². The van der Waals surface area contributed by atoms with Crippen LogP contribution in [0.1, 0.15) is 38.5 Å². The van der Waals surface area contributed by atoms with Gasteiger partial charge in [-0.3, -0.25) is 4.79 Å². The second-order valence-electron chi connectivity index (χ2n) is 4.97. The predicted octanol–water partition coefficient (Wildman–Crippen LogP) is 0.563. The molecular weight excluding hydrogens is 276 g/mol. The van der Waals surface area contributed by atoms with E-state index in [1.807, 2.05) is 0 Å². The molecule has 0 bridgehead atoms. The molecular formula is C12H22N6OS. The first-order valence-electron chi connectivity index (χ1n) is 7.18. The van der Waals surface area contributed by atoms with E-state index in [4.69, 9.17) is 5.73 Å². The Bertz CT molecular complexity index is 418. The van der Waals surface area contributed by atoms with Gasteiger partial charge in [-0.15, -0.1) is 5.10 Å². The lowest BCUT2D eigenvalue weighted by molar-refractivity contribution is -0.121. The highest BCUT2D eigenvalue weighted by molar-refractivity contribution is 7.99. The molecule has 1 fully saturated rings. The highest BCUT2D eigenvalue weighted by atomic mass is 32.2. The van der Waals surface area contributed by atoms with E-state index in [1.165, 1.54) is 31.0 Å². The normalized spacial score (nSPS) is 16.2. The van der Waals surface area contributed by atoms with E-state index in [0.717, 1.165) is 18.0 Å². The number of nitrogens with one attached hydrogen (secondary N) is 1. The fourth-order valence-electron chi connectivity index (χ4n) is 2.34. The standard InChI is InChI=1S/C12H22N6OS/c13-7-8-18-12(15-16-17-18)20-9-6-11(19)14-10-4-2-1-3-5-10/h10H,1-9,13H2,(H,14,19). The van der Waals surface area contributed by atoms with Crippen molar-refractivity contribution in [3.05, 3.63) is 0 Å². The van der Waals surface area contributed by atoms with Crippen LogP contribution in [-0.2, 0) is 11.3 Å². The van der Waals surface area contributed by atoms with Crippen molar-refractivity contribution in [3.63, 3.8) is 0 Å². The lowest BCUT2D eigenvalue weighted by Gasteiger charge is -2.22. The van der Waals surface area contributed by atoms with Gasteiger partial charge in [0, 0.05) is 24.8 Å². The number of thioether (sulfide) groups is 1. The number of nitrogens with zero attached hydrogens (tertiary/aromatic N) is 4. The van der Waals surface area contributed by atoms with Gasteiger partial charge in [0.15, 0.2) is 0 Å². The van der Waals surface area contributed by atoms with Crippen molar-refractivity contribution in [2.24, 2.45) is 5.73 Å². The molecule has 1 aliphatic rings. The first kappa shape index (κ1) is 15.2. The van der Waals surface area contributed by atoms with E-state index in [1.54, 1.807) is 4.68 Å². The van der Waals surface area contributed by atoms with Crippen molar-refractivity contribution < 1.29 is 4.79 Å². The van der Waals surface area contributed by atoms with Crippen LogP contribution in [0.15, 0.2) is 5.16 Å². The highest BCUT2D eigenvalue weighted by Gasteiger charge is 2.15. The van der Waals surface area contributed by atoms with Crippen LogP contribution < -0.4 is 11.1 Å². The van der Waals surface area contributed by atoms with Crippen molar-refractivity contribution in [3.8, 4) is 0 Å². The Balaban J connectivity index is 1.66. The van der Waals surface area contributed by atoms with Crippen LogP contribution in [0.3, 0.4) is 0 Å². The van der Waals surface area contributed by atoms with Gasteiger partial charge in [0.05, 0.1) is 6.54 Å². The van der Waals surface area contributed by atoms with Gasteiger partial charge in [0.25, 0.3) is 0 Å². The largest absolute Gasteiger partial charge is 0.353 e. The lowest BCUT2D eigenvalue weighted by Crippen LogP contribution is -2.36. The fourth-order valence-corrected chi connectivity index (χ4v) is 3.19. The Hall–Kier alpha value is -1.15. The Morgan fingerprint density at radius 3 is 2.95 bits per heavy atom. The fraction of sp³-hybridized carbons (Fsp3) is 0.833. The third kappa shape index (κ3) is 4.75. The van der Waals surface area contributed by atoms with E-state index >= 15 is 0 Å². The van der Waals surface area contributed by atoms with Crippen LogP contribution in [0.4, 0.5) is 0 Å². The predicted molar refractivity (Wildman–Crippen MR) is 77.2 cm³/mol. The topological polar surface area (TPSA) is 98.7 Å². The third-order valence-electron chi connectivity index (χ3n) is 3.37. The zero-order valence-corrected chi connectivity index (χ0v) is 12.4. The van der Waals surface area contributed by atoms with Crippen LogP contribution in [-0.4, -0.2) is 44.5 Å². The van der Waals surface area contributed by atoms with Crippen LogP contribution in [0.25, 0.3) is 0 Å². The van der Waals surface area contributed by atoms with E-state index in [2.05, 4.69) is 20.8 Å². The number of amides is 1. The molecule has 1 amide bonds. The minimum absolute atomic E-state index is 0.127. The van der Waals surface area contributed by atoms with Crippen LogP contribution >= 0.6 is 11.8 Å². The molecule has 0 radical (unpaired) electrons. The summed E-state index contributed by atoms with van der Waals surface area (Å²) in [6, 6.07) is 0.379. The summed E-state index contributed by atoms with van der Waals surface area (Å²) >= 11 is 1.49. The third-order valence-corrected chi connectivity index (χ3v) is 4.33. The lowest BCUT2D eigenvalue weighted by atomic mass is 9.95. The molecule has 7 nitrogen and oxygen atoms in total. The van der Waals surface area contributed by atoms with E-state index in [0.29, 0.717) is 31.3 Å². The molecule has 3 N–H and O–H groups in total. The molecule has 1 aromatic heterocycles. The second kappa shape index (κ2) is 8.21. The maximum Gasteiger partial charge on any atom is 0.221 e. The number of rotatable bonds is 7. The van der Waals surface area contributed by atoms with E-state index < -0.39 is 0 Å². The van der Waals surface area contributed by atoms with E-state index in [-0.39, 0.29) is 5.91 Å². The van der Waals surface area contributed by atoms with Gasteiger partial charge in [-0.2, -0.15) is 0 Å². The molecule has 0 unspecified atom stereocenters. The van der Waals surface area contributed by atoms with Crippen molar-refractivity contribution in [2.75, 3.05) is 12.3 Å². The molecule has 8 heteroatoms. The van der Waals surface area contributed by atoms with Crippen molar-refractivity contribution in [1.82, 2.24) is 25.5 Å². The van der Waals surface area contributed by atoms with Gasteiger partial charge < -0.3 is 11.1 Å². The molecule has 0 atom stereocenters. The van der Waals surface area contributed by atoms with Crippen LogP contribution in [0.5, 0.6) is 0 Å². The Labute approximate surface area is 123 Å². The van der Waals surface area contributed by atoms with Gasteiger partial charge in [0.2, 0.25) is 11.1 Å². The van der Waals surface area contributed by atoms with E-state index in [9.17, 15) is 4.79 Å². The molecule has 112 valence electrons. The Morgan fingerprint density at radius 2 is 2.20 bits per heavy atom. The minimum atomic E-state index is 0.127. The average Bonchev–Trinajstić information content (AvgIpc) is 2.88. The summed E-state index contributed by atoms with van der Waals surface area (Å²) in [6.07, 6.45) is 6.49. The van der Waals surface area contributed by atoms with Crippen LogP contribution in [0.2, 0.25) is 0 Å². The maximum atomic E-state index is 11.8. The number of hydrogen-bond donors (Lipinski definition) is 2. The SMILES string of the molecule is NCCn1nnnc1SCCC(=O)NC1CCCCC1. The molecule has 2 rings (SSSR count). The summed E-state index contributed by atoms with van der Waals surface area (Å²) in [5.74, 6) is 0.811. The second-order valence-corrected chi connectivity index (χ2v) is 6.04. The zero-order chi connectivity index (χ0) is 14.2.